The van der Waals surface area contributed by atoms with Crippen molar-refractivity contribution in [1.82, 2.24) is 15.3 Å². The first kappa shape index (κ1) is 16.0. The maximum Gasteiger partial charge on any atom is 0.248 e. The summed E-state index contributed by atoms with van der Waals surface area (Å²) in [5, 5.41) is 4.27. The van der Waals surface area contributed by atoms with Crippen LogP contribution in [0, 0.1) is 0 Å². The smallest absolute Gasteiger partial charge is 0.248 e. The van der Waals surface area contributed by atoms with Crippen LogP contribution in [-0.4, -0.2) is 60.6 Å². The van der Waals surface area contributed by atoms with Gasteiger partial charge in [-0.25, -0.2) is 5.06 Å². The molecule has 0 radical (unpaired) electrons. The quantitative estimate of drug-likeness (QED) is 0.776. The van der Waals surface area contributed by atoms with Crippen LogP contribution < -0.4 is 5.32 Å². The van der Waals surface area contributed by atoms with Gasteiger partial charge in [-0.1, -0.05) is 11.6 Å². The summed E-state index contributed by atoms with van der Waals surface area (Å²) < 4.78 is 0. The lowest BCUT2D eigenvalue weighted by molar-refractivity contribution is -0.198. The molecule has 0 saturated carbocycles. The van der Waals surface area contributed by atoms with E-state index in [9.17, 15) is 9.59 Å². The fourth-order valence-electron chi connectivity index (χ4n) is 2.56. The number of nitrogens with one attached hydrogen (secondary N) is 1. The molecule has 6 nitrogen and oxygen atoms in total. The summed E-state index contributed by atoms with van der Waals surface area (Å²) in [5.41, 5.74) is 1.21. The van der Waals surface area contributed by atoms with E-state index in [4.69, 9.17) is 4.84 Å². The van der Waals surface area contributed by atoms with Gasteiger partial charge >= 0.3 is 0 Å². The van der Waals surface area contributed by atoms with Gasteiger partial charge in [0.2, 0.25) is 11.8 Å². The summed E-state index contributed by atoms with van der Waals surface area (Å²) in [6.07, 6.45) is 4.22. The molecule has 2 saturated heterocycles. The van der Waals surface area contributed by atoms with Crippen LogP contribution in [0.25, 0.3) is 0 Å². The van der Waals surface area contributed by atoms with Gasteiger partial charge in [0, 0.05) is 26.2 Å². The Morgan fingerprint density at radius 3 is 2.86 bits per heavy atom. The predicted octanol–water partition coefficient (Wildman–Crippen LogP) is 0.697. The first-order valence-electron chi connectivity index (χ1n) is 7.66. The van der Waals surface area contributed by atoms with Gasteiger partial charge < -0.3 is 5.32 Å². The Kier molecular flexibility index (Phi) is 5.76. The molecule has 2 heterocycles. The predicted molar refractivity (Wildman–Crippen MR) is 79.3 cm³/mol. The zero-order valence-electron chi connectivity index (χ0n) is 12.9. The molecular formula is C15H25N3O3. The van der Waals surface area contributed by atoms with Crippen molar-refractivity contribution < 1.29 is 14.4 Å². The van der Waals surface area contributed by atoms with Crippen LogP contribution in [0.15, 0.2) is 11.6 Å². The number of carbonyl (C=O) groups is 2. The lowest BCUT2D eigenvalue weighted by Crippen LogP contribution is -2.56. The van der Waals surface area contributed by atoms with Gasteiger partial charge in [0.25, 0.3) is 0 Å². The third-order valence-corrected chi connectivity index (χ3v) is 3.82. The second kappa shape index (κ2) is 7.56. The number of allylic oxidation sites excluding steroid dienone is 1. The first-order valence-corrected chi connectivity index (χ1v) is 7.66. The zero-order chi connectivity index (χ0) is 15.2. The second-order valence-electron chi connectivity index (χ2n) is 5.82. The van der Waals surface area contributed by atoms with Crippen molar-refractivity contribution in [3.05, 3.63) is 11.6 Å². The van der Waals surface area contributed by atoms with Gasteiger partial charge in [0.15, 0.2) is 0 Å². The summed E-state index contributed by atoms with van der Waals surface area (Å²) >= 11 is 0. The van der Waals surface area contributed by atoms with Crippen LogP contribution in [0.1, 0.15) is 33.1 Å². The Balaban J connectivity index is 1.97. The molecule has 0 bridgehead atoms. The second-order valence-corrected chi connectivity index (χ2v) is 5.82. The summed E-state index contributed by atoms with van der Waals surface area (Å²) in [7, 11) is 0. The maximum absolute atomic E-state index is 12.3. The highest BCUT2D eigenvalue weighted by Crippen LogP contribution is 2.14. The number of nitrogens with zero attached hydrogens (tertiary/aromatic N) is 2. The molecule has 21 heavy (non-hydrogen) atoms. The number of carbonyl (C=O) groups excluding carboxylic acids is 2. The summed E-state index contributed by atoms with van der Waals surface area (Å²) in [6, 6.07) is -0.396. The number of piperazine rings is 1. The van der Waals surface area contributed by atoms with Crippen molar-refractivity contribution in [1.29, 1.82) is 0 Å². The minimum atomic E-state index is -0.396. The molecule has 118 valence electrons. The number of hydrogen-bond donors (Lipinski definition) is 1. The summed E-state index contributed by atoms with van der Waals surface area (Å²) in [6.45, 7) is 7.39. The van der Waals surface area contributed by atoms with Gasteiger partial charge in [-0.3, -0.25) is 19.3 Å². The third kappa shape index (κ3) is 4.54. The van der Waals surface area contributed by atoms with E-state index in [1.54, 1.807) is 0 Å². The molecule has 2 amide bonds. The van der Waals surface area contributed by atoms with Crippen LogP contribution in [0.2, 0.25) is 0 Å². The topological polar surface area (TPSA) is 61.9 Å². The highest BCUT2D eigenvalue weighted by atomic mass is 16.7. The largest absolute Gasteiger partial charge is 0.353 e. The standard InChI is InChI=1S/C15H25N3O3/c1-12(2)5-8-17-9-6-16-15(20)13(17)11-14(19)18-7-3-4-10-21-18/h5,13H,3-4,6-11H2,1-2H3,(H,16,20)/t13-/m1/s1. The SMILES string of the molecule is CC(C)=CCN1CCNC(=O)[C@H]1CC(=O)N1CCCCO1. The van der Waals surface area contributed by atoms with Crippen molar-refractivity contribution in [2.24, 2.45) is 0 Å². The summed E-state index contributed by atoms with van der Waals surface area (Å²) in [5.74, 6) is -0.160. The molecule has 2 aliphatic rings. The van der Waals surface area contributed by atoms with Gasteiger partial charge in [-0.15, -0.1) is 0 Å². The summed E-state index contributed by atoms with van der Waals surface area (Å²) in [4.78, 5) is 31.8. The lowest BCUT2D eigenvalue weighted by atomic mass is 10.1. The van der Waals surface area contributed by atoms with Gasteiger partial charge in [0.1, 0.15) is 0 Å². The molecule has 0 aromatic carbocycles. The Bertz CT molecular complexity index is 412. The van der Waals surface area contributed by atoms with Gasteiger partial charge in [0.05, 0.1) is 19.1 Å². The zero-order valence-corrected chi connectivity index (χ0v) is 12.9. The van der Waals surface area contributed by atoms with Gasteiger partial charge in [-0.05, 0) is 26.7 Å². The lowest BCUT2D eigenvalue weighted by Gasteiger charge is -2.35. The van der Waals surface area contributed by atoms with Crippen molar-refractivity contribution in [3.63, 3.8) is 0 Å². The highest BCUT2D eigenvalue weighted by molar-refractivity contribution is 5.88. The molecular weight excluding hydrogens is 270 g/mol. The number of hydrogen-bond acceptors (Lipinski definition) is 4. The minimum absolute atomic E-state index is 0.0613. The molecule has 0 aromatic rings. The number of amides is 2. The van der Waals surface area contributed by atoms with Gasteiger partial charge in [-0.2, -0.15) is 0 Å². The number of hydroxylamine groups is 2. The fourth-order valence-corrected chi connectivity index (χ4v) is 2.56. The van der Waals surface area contributed by atoms with Crippen molar-refractivity contribution in [2.45, 2.75) is 39.2 Å². The molecule has 0 aliphatic carbocycles. The molecule has 0 spiro atoms. The molecule has 2 aliphatic heterocycles. The van der Waals surface area contributed by atoms with Crippen LogP contribution in [0.3, 0.4) is 0 Å². The maximum atomic E-state index is 12.3. The van der Waals surface area contributed by atoms with Crippen molar-refractivity contribution in [3.8, 4) is 0 Å². The Labute approximate surface area is 126 Å². The third-order valence-electron chi connectivity index (χ3n) is 3.82. The van der Waals surface area contributed by atoms with E-state index in [0.717, 1.165) is 19.4 Å². The van der Waals surface area contributed by atoms with Crippen LogP contribution >= 0.6 is 0 Å². The van der Waals surface area contributed by atoms with Crippen LogP contribution in [0.4, 0.5) is 0 Å². The fraction of sp³-hybridized carbons (Fsp3) is 0.733. The highest BCUT2D eigenvalue weighted by Gasteiger charge is 2.33. The van der Waals surface area contributed by atoms with E-state index in [0.29, 0.717) is 26.2 Å². The van der Waals surface area contributed by atoms with E-state index < -0.39 is 6.04 Å². The van der Waals surface area contributed by atoms with E-state index in [1.807, 2.05) is 13.8 Å². The van der Waals surface area contributed by atoms with Crippen molar-refractivity contribution >= 4 is 11.8 Å². The molecule has 2 rings (SSSR count). The molecule has 1 N–H and O–H groups in total. The molecule has 6 heteroatoms. The average molecular weight is 295 g/mol. The van der Waals surface area contributed by atoms with Crippen LogP contribution in [-0.2, 0) is 14.4 Å². The normalized spacial score (nSPS) is 23.6. The molecule has 1 atom stereocenters. The minimum Gasteiger partial charge on any atom is -0.353 e. The Hall–Kier alpha value is -1.40. The molecule has 0 aromatic heterocycles. The van der Waals surface area contributed by atoms with E-state index in [-0.39, 0.29) is 18.2 Å². The van der Waals surface area contributed by atoms with E-state index >= 15 is 0 Å². The van der Waals surface area contributed by atoms with E-state index in [2.05, 4.69) is 16.3 Å². The first-order chi connectivity index (χ1) is 10.1. The molecule has 2 fully saturated rings. The molecule has 0 unspecified atom stereocenters. The van der Waals surface area contributed by atoms with Crippen molar-refractivity contribution in [2.75, 3.05) is 32.8 Å². The average Bonchev–Trinajstić information content (AvgIpc) is 2.48. The van der Waals surface area contributed by atoms with Crippen LogP contribution in [0.5, 0.6) is 0 Å². The monoisotopic (exact) mass is 295 g/mol. The Morgan fingerprint density at radius 2 is 2.19 bits per heavy atom. The number of rotatable bonds is 4. The Morgan fingerprint density at radius 1 is 1.38 bits per heavy atom. The van der Waals surface area contributed by atoms with E-state index in [1.165, 1.54) is 10.6 Å².